The van der Waals surface area contributed by atoms with Crippen LogP contribution in [0.2, 0.25) is 0 Å². The fourth-order valence-corrected chi connectivity index (χ4v) is 1.99. The Morgan fingerprint density at radius 3 is 2.57 bits per heavy atom. The van der Waals surface area contributed by atoms with E-state index in [-0.39, 0.29) is 0 Å². The Morgan fingerprint density at radius 1 is 1.36 bits per heavy atom. The zero-order valence-electron chi connectivity index (χ0n) is 8.36. The van der Waals surface area contributed by atoms with Crippen LogP contribution >= 0.6 is 0 Å². The van der Waals surface area contributed by atoms with Gasteiger partial charge in [-0.05, 0) is 25.0 Å². The molecular weight excluding hydrogens is 178 g/mol. The van der Waals surface area contributed by atoms with Gasteiger partial charge in [-0.2, -0.15) is 0 Å². The fraction of sp³-hybridized carbons (Fsp3) is 0.545. The van der Waals surface area contributed by atoms with Gasteiger partial charge in [0.25, 0.3) is 0 Å². The second kappa shape index (κ2) is 3.58. The van der Waals surface area contributed by atoms with Crippen LogP contribution in [0.15, 0.2) is 18.3 Å². The van der Waals surface area contributed by atoms with Crippen molar-refractivity contribution in [3.63, 3.8) is 0 Å². The molecule has 0 radical (unpaired) electrons. The lowest BCUT2D eigenvalue weighted by atomic mass is 9.97. The molecule has 1 fully saturated rings. The van der Waals surface area contributed by atoms with E-state index in [9.17, 15) is 5.11 Å². The third-order valence-corrected chi connectivity index (χ3v) is 2.88. The van der Waals surface area contributed by atoms with Gasteiger partial charge >= 0.3 is 0 Å². The van der Waals surface area contributed by atoms with Crippen LogP contribution in [0.4, 0.5) is 0 Å². The molecular formula is C11H15NO2. The van der Waals surface area contributed by atoms with Crippen LogP contribution < -0.4 is 4.74 Å². The highest BCUT2D eigenvalue weighted by molar-refractivity contribution is 5.23. The molecule has 0 atom stereocenters. The topological polar surface area (TPSA) is 42.4 Å². The number of hydrogen-bond donors (Lipinski definition) is 1. The number of nitrogens with zero attached hydrogens (tertiary/aromatic N) is 1. The standard InChI is InChI=1S/C11H15NO2/c1-14-9-4-5-10(12-8-9)11(13)6-2-3-7-11/h4-5,8,13H,2-3,6-7H2,1H3. The molecule has 0 spiro atoms. The van der Waals surface area contributed by atoms with Gasteiger partial charge in [0.1, 0.15) is 11.4 Å². The summed E-state index contributed by atoms with van der Waals surface area (Å²) in [5.41, 5.74) is 0.0857. The van der Waals surface area contributed by atoms with Crippen LogP contribution in [0.1, 0.15) is 31.4 Å². The summed E-state index contributed by atoms with van der Waals surface area (Å²) in [6.45, 7) is 0. The van der Waals surface area contributed by atoms with Crippen molar-refractivity contribution in [1.82, 2.24) is 4.98 Å². The molecule has 1 aromatic rings. The summed E-state index contributed by atoms with van der Waals surface area (Å²) in [4.78, 5) is 4.23. The quantitative estimate of drug-likeness (QED) is 0.779. The first kappa shape index (κ1) is 9.46. The van der Waals surface area contributed by atoms with E-state index >= 15 is 0 Å². The zero-order valence-corrected chi connectivity index (χ0v) is 8.36. The third kappa shape index (κ3) is 1.60. The third-order valence-electron chi connectivity index (χ3n) is 2.88. The molecule has 1 N–H and O–H groups in total. The van der Waals surface area contributed by atoms with Crippen LogP contribution in [0, 0.1) is 0 Å². The second-order valence-corrected chi connectivity index (χ2v) is 3.82. The molecule has 0 saturated heterocycles. The van der Waals surface area contributed by atoms with E-state index < -0.39 is 5.60 Å². The summed E-state index contributed by atoms with van der Waals surface area (Å²) < 4.78 is 5.02. The van der Waals surface area contributed by atoms with Crippen molar-refractivity contribution < 1.29 is 9.84 Å². The molecule has 0 aromatic carbocycles. The largest absolute Gasteiger partial charge is 0.495 e. The van der Waals surface area contributed by atoms with Gasteiger partial charge in [0.15, 0.2) is 0 Å². The molecule has 1 aliphatic carbocycles. The molecule has 1 aliphatic rings. The number of rotatable bonds is 2. The highest BCUT2D eigenvalue weighted by Gasteiger charge is 2.34. The summed E-state index contributed by atoms with van der Waals surface area (Å²) in [6, 6.07) is 3.70. The average Bonchev–Trinajstić information content (AvgIpc) is 2.67. The van der Waals surface area contributed by atoms with Crippen molar-refractivity contribution in [3.05, 3.63) is 24.0 Å². The van der Waals surface area contributed by atoms with Crippen molar-refractivity contribution in [2.75, 3.05) is 7.11 Å². The van der Waals surface area contributed by atoms with E-state index in [4.69, 9.17) is 4.74 Å². The van der Waals surface area contributed by atoms with E-state index in [1.165, 1.54) is 0 Å². The number of pyridine rings is 1. The van der Waals surface area contributed by atoms with E-state index in [1.54, 1.807) is 13.3 Å². The predicted octanol–water partition coefficient (Wildman–Crippen LogP) is 1.85. The molecule has 14 heavy (non-hydrogen) atoms. The van der Waals surface area contributed by atoms with Crippen molar-refractivity contribution >= 4 is 0 Å². The van der Waals surface area contributed by atoms with Gasteiger partial charge in [0.05, 0.1) is 19.0 Å². The summed E-state index contributed by atoms with van der Waals surface area (Å²) >= 11 is 0. The number of methoxy groups -OCH3 is 1. The highest BCUT2D eigenvalue weighted by Crippen LogP contribution is 2.37. The Hall–Kier alpha value is -1.09. The maximum Gasteiger partial charge on any atom is 0.137 e. The predicted molar refractivity (Wildman–Crippen MR) is 53.2 cm³/mol. The molecule has 0 amide bonds. The van der Waals surface area contributed by atoms with Gasteiger partial charge in [0.2, 0.25) is 0 Å². The van der Waals surface area contributed by atoms with E-state index in [1.807, 2.05) is 12.1 Å². The Labute approximate surface area is 83.7 Å². The lowest BCUT2D eigenvalue weighted by Crippen LogP contribution is -2.22. The summed E-state index contributed by atoms with van der Waals surface area (Å²) in [6.07, 6.45) is 5.48. The minimum Gasteiger partial charge on any atom is -0.495 e. The first-order valence-electron chi connectivity index (χ1n) is 4.97. The van der Waals surface area contributed by atoms with Crippen molar-refractivity contribution in [2.45, 2.75) is 31.3 Å². The van der Waals surface area contributed by atoms with Crippen molar-refractivity contribution in [2.24, 2.45) is 0 Å². The van der Waals surface area contributed by atoms with Gasteiger partial charge in [-0.3, -0.25) is 4.98 Å². The monoisotopic (exact) mass is 193 g/mol. The van der Waals surface area contributed by atoms with E-state index in [0.29, 0.717) is 0 Å². The Kier molecular flexibility index (Phi) is 2.42. The summed E-state index contributed by atoms with van der Waals surface area (Å²) in [5.74, 6) is 0.732. The fourth-order valence-electron chi connectivity index (χ4n) is 1.99. The van der Waals surface area contributed by atoms with Gasteiger partial charge in [-0.1, -0.05) is 12.8 Å². The van der Waals surface area contributed by atoms with Gasteiger partial charge < -0.3 is 9.84 Å². The Bertz CT molecular complexity index is 302. The lowest BCUT2D eigenvalue weighted by Gasteiger charge is -2.21. The normalized spacial score (nSPS) is 19.6. The van der Waals surface area contributed by atoms with E-state index in [2.05, 4.69) is 4.98 Å². The van der Waals surface area contributed by atoms with Crippen LogP contribution in [-0.4, -0.2) is 17.2 Å². The smallest absolute Gasteiger partial charge is 0.137 e. The van der Waals surface area contributed by atoms with E-state index in [0.717, 1.165) is 37.1 Å². The maximum absolute atomic E-state index is 10.2. The minimum absolute atomic E-state index is 0.688. The number of hydrogen-bond acceptors (Lipinski definition) is 3. The number of aliphatic hydroxyl groups is 1. The Morgan fingerprint density at radius 2 is 2.07 bits per heavy atom. The van der Waals surface area contributed by atoms with Crippen LogP contribution in [0.25, 0.3) is 0 Å². The van der Waals surface area contributed by atoms with Crippen LogP contribution in [-0.2, 0) is 5.60 Å². The number of ether oxygens (including phenoxy) is 1. The molecule has 1 heterocycles. The molecule has 2 rings (SSSR count). The molecule has 0 aliphatic heterocycles. The second-order valence-electron chi connectivity index (χ2n) is 3.82. The maximum atomic E-state index is 10.2. The summed E-state index contributed by atoms with van der Waals surface area (Å²) in [5, 5.41) is 10.2. The van der Waals surface area contributed by atoms with Crippen molar-refractivity contribution in [1.29, 1.82) is 0 Å². The van der Waals surface area contributed by atoms with Crippen LogP contribution in [0.3, 0.4) is 0 Å². The first-order chi connectivity index (χ1) is 6.74. The number of aromatic nitrogens is 1. The zero-order chi connectivity index (χ0) is 10.0. The summed E-state index contributed by atoms with van der Waals surface area (Å²) in [7, 11) is 1.61. The molecule has 1 aromatic heterocycles. The van der Waals surface area contributed by atoms with Crippen molar-refractivity contribution in [3.8, 4) is 5.75 Å². The first-order valence-corrected chi connectivity index (χ1v) is 4.97. The highest BCUT2D eigenvalue weighted by atomic mass is 16.5. The van der Waals surface area contributed by atoms with Gasteiger partial charge in [-0.25, -0.2) is 0 Å². The van der Waals surface area contributed by atoms with Crippen LogP contribution in [0.5, 0.6) is 5.75 Å². The SMILES string of the molecule is COc1ccc(C2(O)CCCC2)nc1. The molecule has 0 bridgehead atoms. The van der Waals surface area contributed by atoms with Gasteiger partial charge in [-0.15, -0.1) is 0 Å². The molecule has 1 saturated carbocycles. The molecule has 0 unspecified atom stereocenters. The molecule has 3 nitrogen and oxygen atoms in total. The lowest BCUT2D eigenvalue weighted by molar-refractivity contribution is 0.0399. The van der Waals surface area contributed by atoms with Gasteiger partial charge in [0, 0.05) is 0 Å². The Balaban J connectivity index is 2.23. The molecule has 3 heteroatoms. The molecule has 76 valence electrons. The minimum atomic E-state index is -0.688. The average molecular weight is 193 g/mol.